The van der Waals surface area contributed by atoms with E-state index in [0.29, 0.717) is 6.67 Å². The molecular weight excluding hydrogens is 384 g/mol. The number of nitrogens with zero attached hydrogens (tertiary/aromatic N) is 3. The molecule has 0 saturated carbocycles. The highest BCUT2D eigenvalue weighted by Crippen LogP contribution is 2.24. The van der Waals surface area contributed by atoms with E-state index in [4.69, 9.17) is 26.8 Å². The average molecular weight is 414 g/mol. The summed E-state index contributed by atoms with van der Waals surface area (Å²) in [5, 5.41) is 4.87. The van der Waals surface area contributed by atoms with Crippen molar-refractivity contribution in [3.8, 4) is 22.9 Å². The van der Waals surface area contributed by atoms with Crippen LogP contribution < -0.4 is 14.4 Å². The molecule has 0 saturated heterocycles. The summed E-state index contributed by atoms with van der Waals surface area (Å²) in [5.74, 6) is 2.53. The fraction of sp³-hybridized carbons (Fsp3) is 0.364. The SMILES string of the molecule is CCn1c(-c2ccccc2C)nn(C[NH+](C)Cc2ccc(OC)cc2OC)c1=S. The van der Waals surface area contributed by atoms with Gasteiger partial charge in [-0.2, -0.15) is 4.68 Å². The molecule has 3 rings (SSSR count). The minimum absolute atomic E-state index is 0.667. The normalized spacial score (nSPS) is 12.0. The van der Waals surface area contributed by atoms with Crippen LogP contribution in [-0.4, -0.2) is 35.6 Å². The Morgan fingerprint density at radius 1 is 1.10 bits per heavy atom. The molecule has 0 bridgehead atoms. The zero-order valence-electron chi connectivity index (χ0n) is 17.7. The highest BCUT2D eigenvalue weighted by molar-refractivity contribution is 7.71. The summed E-state index contributed by atoms with van der Waals surface area (Å²) in [6, 6.07) is 14.2. The van der Waals surface area contributed by atoms with Crippen LogP contribution in [0.25, 0.3) is 11.4 Å². The number of benzene rings is 2. The smallest absolute Gasteiger partial charge is 0.203 e. The third-order valence-electron chi connectivity index (χ3n) is 5.03. The predicted octanol–water partition coefficient (Wildman–Crippen LogP) is 3.10. The van der Waals surface area contributed by atoms with Crippen molar-refractivity contribution in [2.75, 3.05) is 21.3 Å². The standard InChI is InChI=1S/C22H28N4O2S/c1-6-25-21(19-10-8-7-9-16(19)2)23-26(22(25)29)15-24(3)14-17-11-12-18(27-4)13-20(17)28-5/h7-13H,6,14-15H2,1-5H3/p+1. The van der Waals surface area contributed by atoms with Crippen molar-refractivity contribution < 1.29 is 14.4 Å². The van der Waals surface area contributed by atoms with Gasteiger partial charge in [0.1, 0.15) is 18.0 Å². The van der Waals surface area contributed by atoms with Gasteiger partial charge in [0.05, 0.1) is 21.3 Å². The molecule has 0 amide bonds. The second-order valence-electron chi connectivity index (χ2n) is 7.13. The van der Waals surface area contributed by atoms with Crippen LogP contribution in [0.4, 0.5) is 0 Å². The Morgan fingerprint density at radius 2 is 1.86 bits per heavy atom. The van der Waals surface area contributed by atoms with Gasteiger partial charge in [-0.15, -0.1) is 5.10 Å². The number of aromatic nitrogens is 3. The minimum atomic E-state index is 0.667. The minimum Gasteiger partial charge on any atom is -0.497 e. The molecule has 0 aliphatic carbocycles. The van der Waals surface area contributed by atoms with Crippen LogP contribution in [0.1, 0.15) is 18.1 Å². The summed E-state index contributed by atoms with van der Waals surface area (Å²) in [5.41, 5.74) is 3.43. The van der Waals surface area contributed by atoms with E-state index in [1.54, 1.807) is 14.2 Å². The lowest BCUT2D eigenvalue weighted by molar-refractivity contribution is -0.917. The van der Waals surface area contributed by atoms with Crippen molar-refractivity contribution in [2.45, 2.75) is 33.6 Å². The Bertz CT molecular complexity index is 1040. The fourth-order valence-electron chi connectivity index (χ4n) is 3.49. The monoisotopic (exact) mass is 413 g/mol. The first kappa shape index (κ1) is 21.1. The molecule has 0 spiro atoms. The molecule has 1 atom stereocenters. The molecule has 6 nitrogen and oxygen atoms in total. The van der Waals surface area contributed by atoms with Crippen molar-refractivity contribution in [3.05, 3.63) is 58.4 Å². The third-order valence-corrected chi connectivity index (χ3v) is 5.46. The molecule has 2 aromatic carbocycles. The maximum Gasteiger partial charge on any atom is 0.203 e. The number of hydrogen-bond acceptors (Lipinski definition) is 4. The molecule has 7 heteroatoms. The van der Waals surface area contributed by atoms with Crippen LogP contribution in [0.2, 0.25) is 0 Å². The molecular formula is C22H29N4O2S+. The van der Waals surface area contributed by atoms with E-state index in [0.717, 1.165) is 46.3 Å². The summed E-state index contributed by atoms with van der Waals surface area (Å²) in [7, 11) is 5.47. The summed E-state index contributed by atoms with van der Waals surface area (Å²) in [4.78, 5) is 1.25. The number of ether oxygens (including phenoxy) is 2. The van der Waals surface area contributed by atoms with E-state index < -0.39 is 0 Å². The molecule has 0 aliphatic rings. The van der Waals surface area contributed by atoms with Crippen molar-refractivity contribution >= 4 is 12.2 Å². The Kier molecular flexibility index (Phi) is 6.71. The number of hydrogen-bond donors (Lipinski definition) is 1. The van der Waals surface area contributed by atoms with Crippen molar-refractivity contribution in [2.24, 2.45) is 0 Å². The van der Waals surface area contributed by atoms with E-state index in [1.807, 2.05) is 35.0 Å². The van der Waals surface area contributed by atoms with Gasteiger partial charge in [0, 0.05) is 23.7 Å². The van der Waals surface area contributed by atoms with E-state index >= 15 is 0 Å². The molecule has 154 valence electrons. The van der Waals surface area contributed by atoms with Crippen LogP contribution in [-0.2, 0) is 19.8 Å². The highest BCUT2D eigenvalue weighted by atomic mass is 32.1. The quantitative estimate of drug-likeness (QED) is 0.577. The predicted molar refractivity (Wildman–Crippen MR) is 117 cm³/mol. The van der Waals surface area contributed by atoms with Gasteiger partial charge >= 0.3 is 0 Å². The van der Waals surface area contributed by atoms with Crippen molar-refractivity contribution in [1.29, 1.82) is 0 Å². The second-order valence-corrected chi connectivity index (χ2v) is 7.50. The molecule has 0 fully saturated rings. The largest absolute Gasteiger partial charge is 0.497 e. The summed E-state index contributed by atoms with van der Waals surface area (Å²) in [6.45, 7) is 6.44. The van der Waals surface area contributed by atoms with E-state index in [-0.39, 0.29) is 0 Å². The molecule has 1 unspecified atom stereocenters. The number of aryl methyl sites for hydroxylation is 1. The van der Waals surface area contributed by atoms with E-state index in [1.165, 1.54) is 10.5 Å². The van der Waals surface area contributed by atoms with Crippen LogP contribution in [0.5, 0.6) is 11.5 Å². The van der Waals surface area contributed by atoms with E-state index in [2.05, 4.69) is 37.6 Å². The van der Waals surface area contributed by atoms with Gasteiger partial charge in [0.2, 0.25) is 4.77 Å². The number of rotatable bonds is 8. The molecule has 1 N–H and O–H groups in total. The lowest BCUT2D eigenvalue weighted by Crippen LogP contribution is -3.07. The maximum atomic E-state index is 5.73. The molecule has 0 radical (unpaired) electrons. The van der Waals surface area contributed by atoms with Gasteiger partial charge in [0.15, 0.2) is 12.5 Å². The first-order valence-electron chi connectivity index (χ1n) is 9.74. The van der Waals surface area contributed by atoms with Crippen LogP contribution in [0.3, 0.4) is 0 Å². The molecule has 3 aromatic rings. The van der Waals surface area contributed by atoms with Gasteiger partial charge in [-0.1, -0.05) is 24.3 Å². The number of nitrogens with one attached hydrogen (secondary N) is 1. The third kappa shape index (κ3) is 4.52. The van der Waals surface area contributed by atoms with Crippen LogP contribution in [0.15, 0.2) is 42.5 Å². The van der Waals surface area contributed by atoms with Gasteiger partial charge in [0.25, 0.3) is 0 Å². The van der Waals surface area contributed by atoms with E-state index in [9.17, 15) is 0 Å². The Labute approximate surface area is 177 Å². The van der Waals surface area contributed by atoms with Crippen molar-refractivity contribution in [3.63, 3.8) is 0 Å². The molecule has 29 heavy (non-hydrogen) atoms. The molecule has 1 heterocycles. The lowest BCUT2D eigenvalue weighted by Gasteiger charge is -2.16. The first-order chi connectivity index (χ1) is 14.0. The molecule has 0 aliphatic heterocycles. The molecule has 1 aromatic heterocycles. The Hall–Kier alpha value is -2.64. The van der Waals surface area contributed by atoms with Gasteiger partial charge in [-0.25, -0.2) is 0 Å². The second kappa shape index (κ2) is 9.24. The summed E-state index contributed by atoms with van der Waals surface area (Å²) >= 11 is 5.73. The lowest BCUT2D eigenvalue weighted by atomic mass is 10.1. The van der Waals surface area contributed by atoms with Gasteiger partial charge < -0.3 is 18.9 Å². The van der Waals surface area contributed by atoms with Crippen LogP contribution >= 0.6 is 12.2 Å². The Balaban J connectivity index is 1.85. The Morgan fingerprint density at radius 3 is 2.52 bits per heavy atom. The average Bonchev–Trinajstić information content (AvgIpc) is 3.03. The van der Waals surface area contributed by atoms with Crippen molar-refractivity contribution in [1.82, 2.24) is 14.3 Å². The number of methoxy groups -OCH3 is 2. The van der Waals surface area contributed by atoms with Gasteiger partial charge in [-0.05, 0) is 43.8 Å². The maximum absolute atomic E-state index is 5.73. The van der Waals surface area contributed by atoms with Gasteiger partial charge in [-0.3, -0.25) is 0 Å². The zero-order valence-corrected chi connectivity index (χ0v) is 18.5. The summed E-state index contributed by atoms with van der Waals surface area (Å²) in [6.07, 6.45) is 0. The summed E-state index contributed by atoms with van der Waals surface area (Å²) < 4.78 is 15.6. The topological polar surface area (TPSA) is 45.7 Å². The number of quaternary nitrogens is 1. The fourth-order valence-corrected chi connectivity index (χ4v) is 3.81. The first-order valence-corrected chi connectivity index (χ1v) is 10.1. The zero-order chi connectivity index (χ0) is 21.0. The van der Waals surface area contributed by atoms with Crippen LogP contribution in [0, 0.1) is 11.7 Å². The highest BCUT2D eigenvalue weighted by Gasteiger charge is 2.17.